The fraction of sp³-hybridized carbons (Fsp3) is 0.294. The number of hydrogen-bond donors (Lipinski definition) is 2. The van der Waals surface area contributed by atoms with Crippen molar-refractivity contribution in [2.24, 2.45) is 0 Å². The van der Waals surface area contributed by atoms with Gasteiger partial charge in [-0.3, -0.25) is 4.79 Å². The van der Waals surface area contributed by atoms with Crippen molar-refractivity contribution in [1.29, 1.82) is 0 Å². The van der Waals surface area contributed by atoms with Gasteiger partial charge in [0.25, 0.3) is 5.91 Å². The van der Waals surface area contributed by atoms with Gasteiger partial charge in [0, 0.05) is 16.8 Å². The molecule has 2 rings (SSSR count). The predicted molar refractivity (Wildman–Crippen MR) is 98.5 cm³/mol. The average molecular weight is 382 g/mol. The minimum Gasteiger partial charge on any atom is -0.307 e. The number of anilines is 1. The zero-order chi connectivity index (χ0) is 18.8. The van der Waals surface area contributed by atoms with E-state index in [1.807, 2.05) is 0 Å². The van der Waals surface area contributed by atoms with Crippen LogP contribution in [0.3, 0.4) is 0 Å². The van der Waals surface area contributed by atoms with Gasteiger partial charge < -0.3 is 5.32 Å². The van der Waals surface area contributed by atoms with Crippen molar-refractivity contribution >= 4 is 33.3 Å². The molecule has 1 aromatic carbocycles. The zero-order valence-corrected chi connectivity index (χ0v) is 16.0. The number of rotatable bonds is 4. The monoisotopic (exact) mass is 381 g/mol. The normalized spacial score (nSPS) is 12.0. The third-order valence-electron chi connectivity index (χ3n) is 3.05. The maximum Gasteiger partial charge on any atom is 0.256 e. The van der Waals surface area contributed by atoms with Gasteiger partial charge in [0.05, 0.1) is 5.02 Å². The molecule has 0 saturated carbocycles. The number of carbonyl (C=O) groups excluding carboxylic acids is 1. The Morgan fingerprint density at radius 3 is 2.44 bits per heavy atom. The summed E-state index contributed by atoms with van der Waals surface area (Å²) < 4.78 is 27.5. The summed E-state index contributed by atoms with van der Waals surface area (Å²) in [4.78, 5) is 16.4. The summed E-state index contributed by atoms with van der Waals surface area (Å²) in [5.74, 6) is -0.0841. The second-order valence-electron chi connectivity index (χ2n) is 6.62. The molecule has 0 fully saturated rings. The smallest absolute Gasteiger partial charge is 0.256 e. The van der Waals surface area contributed by atoms with Gasteiger partial charge in [-0.15, -0.1) is 0 Å². The Balaban J connectivity index is 2.33. The highest BCUT2D eigenvalue weighted by molar-refractivity contribution is 7.89. The van der Waals surface area contributed by atoms with Crippen LogP contribution in [0.4, 0.5) is 5.82 Å². The summed E-state index contributed by atoms with van der Waals surface area (Å²) in [6, 6.07) is 9.33. The Morgan fingerprint density at radius 1 is 1.16 bits per heavy atom. The number of nitrogens with one attached hydrogen (secondary N) is 2. The molecular formula is C17H20ClN3O3S. The number of carbonyl (C=O) groups is 1. The van der Waals surface area contributed by atoms with Gasteiger partial charge in [-0.05, 0) is 58.0 Å². The van der Waals surface area contributed by atoms with E-state index in [4.69, 9.17) is 11.6 Å². The Kier molecular flexibility index (Phi) is 5.51. The first-order chi connectivity index (χ1) is 11.5. The first-order valence-electron chi connectivity index (χ1n) is 7.56. The molecule has 0 spiro atoms. The molecule has 0 atom stereocenters. The minimum absolute atomic E-state index is 0.0435. The van der Waals surface area contributed by atoms with E-state index >= 15 is 0 Å². The van der Waals surface area contributed by atoms with Crippen LogP contribution in [-0.2, 0) is 10.0 Å². The Morgan fingerprint density at radius 2 is 1.84 bits per heavy atom. The fourth-order valence-electron chi connectivity index (χ4n) is 2.11. The molecule has 2 aromatic rings. The summed E-state index contributed by atoms with van der Waals surface area (Å²) in [5, 5.41) is 2.68. The molecule has 0 aliphatic heterocycles. The highest BCUT2D eigenvalue weighted by Crippen LogP contribution is 2.24. The van der Waals surface area contributed by atoms with E-state index in [-0.39, 0.29) is 15.5 Å². The van der Waals surface area contributed by atoms with Crippen LogP contribution in [0.5, 0.6) is 0 Å². The predicted octanol–water partition coefficient (Wildman–Crippen LogP) is 3.37. The fourth-order valence-corrected chi connectivity index (χ4v) is 4.06. The van der Waals surface area contributed by atoms with Crippen LogP contribution < -0.4 is 10.0 Å². The molecule has 0 saturated heterocycles. The molecule has 0 radical (unpaired) electrons. The van der Waals surface area contributed by atoms with Crippen molar-refractivity contribution in [2.75, 3.05) is 5.32 Å². The number of aryl methyl sites for hydroxylation is 1. The number of pyridine rings is 1. The van der Waals surface area contributed by atoms with E-state index in [1.54, 1.807) is 45.9 Å². The standard InChI is InChI=1S/C17H20ClN3O3S/c1-11-6-5-7-15(19-11)20-16(22)12-8-9-13(18)14(10-12)25(23,24)21-17(2,3)4/h5-10,21H,1-4H3,(H,19,20,22). The van der Waals surface area contributed by atoms with Gasteiger partial charge >= 0.3 is 0 Å². The van der Waals surface area contributed by atoms with Gasteiger partial charge in [0.15, 0.2) is 0 Å². The number of nitrogens with zero attached hydrogens (tertiary/aromatic N) is 1. The molecule has 0 aliphatic rings. The average Bonchev–Trinajstić information content (AvgIpc) is 2.44. The molecule has 0 unspecified atom stereocenters. The minimum atomic E-state index is -3.86. The summed E-state index contributed by atoms with van der Waals surface area (Å²) >= 11 is 6.03. The molecular weight excluding hydrogens is 362 g/mol. The number of sulfonamides is 1. The number of hydrogen-bond acceptors (Lipinski definition) is 4. The Hall–Kier alpha value is -1.96. The van der Waals surface area contributed by atoms with E-state index in [2.05, 4.69) is 15.0 Å². The van der Waals surface area contributed by atoms with Crippen LogP contribution in [0.25, 0.3) is 0 Å². The van der Waals surface area contributed by atoms with Crippen molar-refractivity contribution < 1.29 is 13.2 Å². The van der Waals surface area contributed by atoms with E-state index in [1.165, 1.54) is 18.2 Å². The van der Waals surface area contributed by atoms with Crippen LogP contribution in [-0.4, -0.2) is 24.8 Å². The van der Waals surface area contributed by atoms with Crippen molar-refractivity contribution in [3.63, 3.8) is 0 Å². The van der Waals surface area contributed by atoms with Crippen LogP contribution in [0.15, 0.2) is 41.3 Å². The maximum atomic E-state index is 12.5. The molecule has 1 aromatic heterocycles. The highest BCUT2D eigenvalue weighted by atomic mass is 35.5. The molecule has 2 N–H and O–H groups in total. The Labute approximate surface area is 152 Å². The molecule has 134 valence electrons. The van der Waals surface area contributed by atoms with Crippen LogP contribution >= 0.6 is 11.6 Å². The molecule has 0 bridgehead atoms. The third kappa shape index (κ3) is 5.26. The van der Waals surface area contributed by atoms with Crippen LogP contribution in [0, 0.1) is 6.92 Å². The summed E-state index contributed by atoms with van der Waals surface area (Å²) in [7, 11) is -3.86. The SMILES string of the molecule is Cc1cccc(NC(=O)c2ccc(Cl)c(S(=O)(=O)NC(C)(C)C)c2)n1. The van der Waals surface area contributed by atoms with Gasteiger partial charge in [-0.25, -0.2) is 18.1 Å². The van der Waals surface area contributed by atoms with Crippen molar-refractivity contribution in [2.45, 2.75) is 38.1 Å². The van der Waals surface area contributed by atoms with E-state index in [9.17, 15) is 13.2 Å². The van der Waals surface area contributed by atoms with E-state index < -0.39 is 21.5 Å². The lowest BCUT2D eigenvalue weighted by atomic mass is 10.1. The Bertz CT molecular complexity index is 906. The summed E-state index contributed by atoms with van der Waals surface area (Å²) in [5.41, 5.74) is 0.250. The quantitative estimate of drug-likeness (QED) is 0.849. The van der Waals surface area contributed by atoms with E-state index in [0.717, 1.165) is 5.69 Å². The molecule has 25 heavy (non-hydrogen) atoms. The van der Waals surface area contributed by atoms with Crippen LogP contribution in [0.1, 0.15) is 36.8 Å². The molecule has 1 heterocycles. The summed E-state index contributed by atoms with van der Waals surface area (Å²) in [6.45, 7) is 6.97. The topological polar surface area (TPSA) is 88.2 Å². The van der Waals surface area contributed by atoms with Gasteiger partial charge in [0.2, 0.25) is 10.0 Å². The number of amides is 1. The second kappa shape index (κ2) is 7.11. The maximum absolute atomic E-state index is 12.5. The second-order valence-corrected chi connectivity index (χ2v) is 8.68. The number of aromatic nitrogens is 1. The lowest BCUT2D eigenvalue weighted by Gasteiger charge is -2.21. The first-order valence-corrected chi connectivity index (χ1v) is 9.43. The third-order valence-corrected chi connectivity index (χ3v) is 5.29. The van der Waals surface area contributed by atoms with Gasteiger partial charge in [-0.2, -0.15) is 0 Å². The van der Waals surface area contributed by atoms with E-state index in [0.29, 0.717) is 5.82 Å². The lowest BCUT2D eigenvalue weighted by molar-refractivity contribution is 0.102. The van der Waals surface area contributed by atoms with Crippen molar-refractivity contribution in [3.8, 4) is 0 Å². The number of benzene rings is 1. The number of halogens is 1. The van der Waals surface area contributed by atoms with Gasteiger partial charge in [-0.1, -0.05) is 17.7 Å². The zero-order valence-electron chi connectivity index (χ0n) is 14.4. The first kappa shape index (κ1) is 19.4. The van der Waals surface area contributed by atoms with Crippen molar-refractivity contribution in [1.82, 2.24) is 9.71 Å². The van der Waals surface area contributed by atoms with Crippen LogP contribution in [0.2, 0.25) is 5.02 Å². The molecule has 0 aliphatic carbocycles. The highest BCUT2D eigenvalue weighted by Gasteiger charge is 2.25. The molecule has 8 heteroatoms. The summed E-state index contributed by atoms with van der Waals surface area (Å²) in [6.07, 6.45) is 0. The van der Waals surface area contributed by atoms with Gasteiger partial charge in [0.1, 0.15) is 10.7 Å². The largest absolute Gasteiger partial charge is 0.307 e. The van der Waals surface area contributed by atoms with Crippen molar-refractivity contribution in [3.05, 3.63) is 52.7 Å². The lowest BCUT2D eigenvalue weighted by Crippen LogP contribution is -2.40. The molecule has 6 nitrogen and oxygen atoms in total. The molecule has 1 amide bonds.